The second-order valence-corrected chi connectivity index (χ2v) is 8.68. The van der Waals surface area contributed by atoms with Crippen LogP contribution in [-0.4, -0.2) is 30.9 Å². The van der Waals surface area contributed by atoms with Crippen LogP contribution in [0.25, 0.3) is 0 Å². The first-order valence-corrected chi connectivity index (χ1v) is 9.47. The third-order valence-electron chi connectivity index (χ3n) is 4.33. The zero-order valence-corrected chi connectivity index (χ0v) is 14.8. The van der Waals surface area contributed by atoms with Crippen molar-refractivity contribution in [1.29, 1.82) is 0 Å². The van der Waals surface area contributed by atoms with Gasteiger partial charge in [0.1, 0.15) is 0 Å². The van der Waals surface area contributed by atoms with Gasteiger partial charge in [-0.05, 0) is 65.2 Å². The fourth-order valence-corrected chi connectivity index (χ4v) is 5.19. The molecule has 0 amide bonds. The molecular formula is C15H22BrNO3S. The smallest absolute Gasteiger partial charge is 0.244 e. The molecule has 0 bridgehead atoms. The molecule has 1 aliphatic rings. The van der Waals surface area contributed by atoms with Crippen LogP contribution >= 0.6 is 15.9 Å². The lowest BCUT2D eigenvalue weighted by molar-refractivity contribution is 0.246. The lowest BCUT2D eigenvalue weighted by atomic mass is 9.87. The molecule has 0 saturated heterocycles. The van der Waals surface area contributed by atoms with Gasteiger partial charge in [-0.1, -0.05) is 13.0 Å². The van der Waals surface area contributed by atoms with Gasteiger partial charge in [-0.2, -0.15) is 4.31 Å². The number of aliphatic hydroxyl groups excluding tert-OH is 1. The van der Waals surface area contributed by atoms with Crippen LogP contribution < -0.4 is 0 Å². The summed E-state index contributed by atoms with van der Waals surface area (Å²) in [6.07, 6.45) is 3.97. The van der Waals surface area contributed by atoms with E-state index in [9.17, 15) is 13.5 Å². The van der Waals surface area contributed by atoms with Crippen LogP contribution in [-0.2, 0) is 16.6 Å². The van der Waals surface area contributed by atoms with Crippen LogP contribution in [0.1, 0.15) is 38.2 Å². The first-order chi connectivity index (χ1) is 9.86. The number of hydrogen-bond donors (Lipinski definition) is 1. The van der Waals surface area contributed by atoms with Gasteiger partial charge in [-0.25, -0.2) is 8.42 Å². The molecular weight excluding hydrogens is 354 g/mol. The molecule has 0 aliphatic heterocycles. The van der Waals surface area contributed by atoms with Crippen molar-refractivity contribution in [2.45, 2.75) is 50.2 Å². The molecule has 0 heterocycles. The zero-order chi connectivity index (χ0) is 15.6. The number of nitrogens with zero attached hydrogens (tertiary/aromatic N) is 1. The minimum absolute atomic E-state index is 0.0656. The predicted octanol–water partition coefficient (Wildman–Crippen LogP) is 3.14. The van der Waals surface area contributed by atoms with E-state index in [0.717, 1.165) is 25.7 Å². The molecule has 6 heteroatoms. The number of benzene rings is 1. The first kappa shape index (κ1) is 16.9. The van der Waals surface area contributed by atoms with Crippen LogP contribution in [0.15, 0.2) is 27.6 Å². The van der Waals surface area contributed by atoms with Gasteiger partial charge in [0, 0.05) is 17.6 Å². The molecule has 0 radical (unpaired) electrons. The number of aliphatic hydroxyl groups is 1. The summed E-state index contributed by atoms with van der Waals surface area (Å²) in [5.74, 6) is 0.682. The Bertz CT molecular complexity index is 595. The highest BCUT2D eigenvalue weighted by Gasteiger charge is 2.31. The summed E-state index contributed by atoms with van der Waals surface area (Å²) >= 11 is 3.31. The maximum absolute atomic E-state index is 12.8. The molecule has 118 valence electrons. The Morgan fingerprint density at radius 1 is 1.29 bits per heavy atom. The second kappa shape index (κ2) is 6.77. The Hall–Kier alpha value is -0.430. The maximum atomic E-state index is 12.8. The fourth-order valence-electron chi connectivity index (χ4n) is 2.80. The van der Waals surface area contributed by atoms with E-state index in [4.69, 9.17) is 0 Å². The summed E-state index contributed by atoms with van der Waals surface area (Å²) < 4.78 is 27.7. The summed E-state index contributed by atoms with van der Waals surface area (Å²) in [5, 5.41) is 9.21. The summed E-state index contributed by atoms with van der Waals surface area (Å²) in [7, 11) is -1.88. The van der Waals surface area contributed by atoms with Crippen molar-refractivity contribution in [3.05, 3.63) is 28.2 Å². The Morgan fingerprint density at radius 3 is 2.48 bits per heavy atom. The number of hydrogen-bond acceptors (Lipinski definition) is 3. The molecule has 1 fully saturated rings. The lowest BCUT2D eigenvalue weighted by Crippen LogP contribution is -2.39. The Kier molecular flexibility index (Phi) is 5.46. The van der Waals surface area contributed by atoms with Crippen molar-refractivity contribution >= 4 is 26.0 Å². The molecule has 21 heavy (non-hydrogen) atoms. The number of sulfonamides is 1. The Balaban J connectivity index is 2.29. The molecule has 0 atom stereocenters. The Morgan fingerprint density at radius 2 is 1.90 bits per heavy atom. The van der Waals surface area contributed by atoms with Gasteiger partial charge in [0.15, 0.2) is 0 Å². The monoisotopic (exact) mass is 375 g/mol. The van der Waals surface area contributed by atoms with Crippen LogP contribution in [0.3, 0.4) is 0 Å². The van der Waals surface area contributed by atoms with Gasteiger partial charge < -0.3 is 5.11 Å². The van der Waals surface area contributed by atoms with E-state index in [2.05, 4.69) is 22.9 Å². The van der Waals surface area contributed by atoms with E-state index < -0.39 is 10.0 Å². The van der Waals surface area contributed by atoms with E-state index in [-0.39, 0.29) is 17.5 Å². The highest BCUT2D eigenvalue weighted by molar-refractivity contribution is 9.10. The van der Waals surface area contributed by atoms with Gasteiger partial charge in [0.2, 0.25) is 10.0 Å². The van der Waals surface area contributed by atoms with Gasteiger partial charge in [0.05, 0.1) is 11.5 Å². The standard InChI is InChI=1S/C15H22BrNO3S/c1-11-3-6-13(7-4-11)17(2)21(19,20)15-9-12(10-18)5-8-14(15)16/h5,8-9,11,13,18H,3-4,6-7,10H2,1-2H3. The molecule has 2 rings (SSSR count). The van der Waals surface area contributed by atoms with Gasteiger partial charge in [-0.3, -0.25) is 0 Å². The minimum atomic E-state index is -3.54. The predicted molar refractivity (Wildman–Crippen MR) is 86.4 cm³/mol. The topological polar surface area (TPSA) is 57.6 Å². The molecule has 0 unspecified atom stereocenters. The van der Waals surface area contributed by atoms with E-state index >= 15 is 0 Å². The van der Waals surface area contributed by atoms with Gasteiger partial charge in [-0.15, -0.1) is 0 Å². The highest BCUT2D eigenvalue weighted by atomic mass is 79.9. The highest BCUT2D eigenvalue weighted by Crippen LogP contribution is 2.32. The fraction of sp³-hybridized carbons (Fsp3) is 0.600. The number of rotatable bonds is 4. The molecule has 4 nitrogen and oxygen atoms in total. The third kappa shape index (κ3) is 3.67. The zero-order valence-electron chi connectivity index (χ0n) is 12.4. The summed E-state index contributed by atoms with van der Waals surface area (Å²) in [6, 6.07) is 5.00. The minimum Gasteiger partial charge on any atom is -0.392 e. The van der Waals surface area contributed by atoms with Crippen LogP contribution in [0.5, 0.6) is 0 Å². The van der Waals surface area contributed by atoms with Crippen LogP contribution in [0.2, 0.25) is 0 Å². The molecule has 0 spiro atoms. The number of halogens is 1. The quantitative estimate of drug-likeness (QED) is 0.879. The van der Waals surface area contributed by atoms with E-state index in [1.807, 2.05) is 0 Å². The third-order valence-corrected chi connectivity index (χ3v) is 7.24. The summed E-state index contributed by atoms with van der Waals surface area (Å²) in [6.45, 7) is 2.05. The molecule has 1 N–H and O–H groups in total. The van der Waals surface area contributed by atoms with Crippen molar-refractivity contribution in [3.63, 3.8) is 0 Å². The lowest BCUT2D eigenvalue weighted by Gasteiger charge is -2.33. The largest absolute Gasteiger partial charge is 0.392 e. The van der Waals surface area contributed by atoms with Crippen molar-refractivity contribution < 1.29 is 13.5 Å². The first-order valence-electron chi connectivity index (χ1n) is 7.23. The maximum Gasteiger partial charge on any atom is 0.244 e. The average Bonchev–Trinajstić information content (AvgIpc) is 2.47. The van der Waals surface area contributed by atoms with E-state index in [1.165, 1.54) is 4.31 Å². The summed E-state index contributed by atoms with van der Waals surface area (Å²) in [5.41, 5.74) is 0.599. The Labute approximate surface area is 135 Å². The van der Waals surface area contributed by atoms with E-state index in [0.29, 0.717) is 16.0 Å². The molecule has 1 aromatic carbocycles. The SMILES string of the molecule is CC1CCC(N(C)S(=O)(=O)c2cc(CO)ccc2Br)CC1. The van der Waals surface area contributed by atoms with Gasteiger partial charge >= 0.3 is 0 Å². The summed E-state index contributed by atoms with van der Waals surface area (Å²) in [4.78, 5) is 0.232. The van der Waals surface area contributed by atoms with Crippen molar-refractivity contribution in [3.8, 4) is 0 Å². The molecule has 1 aliphatic carbocycles. The normalized spacial score (nSPS) is 23.5. The molecule has 1 saturated carbocycles. The van der Waals surface area contributed by atoms with E-state index in [1.54, 1.807) is 25.2 Å². The van der Waals surface area contributed by atoms with Crippen LogP contribution in [0.4, 0.5) is 0 Å². The van der Waals surface area contributed by atoms with Gasteiger partial charge in [0.25, 0.3) is 0 Å². The van der Waals surface area contributed by atoms with Crippen LogP contribution in [0, 0.1) is 5.92 Å². The average molecular weight is 376 g/mol. The molecule has 0 aromatic heterocycles. The van der Waals surface area contributed by atoms with Crippen molar-refractivity contribution in [2.75, 3.05) is 7.05 Å². The molecule has 1 aromatic rings. The van der Waals surface area contributed by atoms with Crippen molar-refractivity contribution in [1.82, 2.24) is 4.31 Å². The second-order valence-electron chi connectivity index (χ2n) is 5.86. The van der Waals surface area contributed by atoms with Crippen molar-refractivity contribution in [2.24, 2.45) is 5.92 Å².